The van der Waals surface area contributed by atoms with E-state index in [2.05, 4.69) is 47.1 Å². The molecule has 1 fully saturated rings. The van der Waals surface area contributed by atoms with Crippen LogP contribution in [0.5, 0.6) is 0 Å². The summed E-state index contributed by atoms with van der Waals surface area (Å²) < 4.78 is 0. The van der Waals surface area contributed by atoms with Gasteiger partial charge in [-0.25, -0.2) is 4.98 Å². The zero-order valence-electron chi connectivity index (χ0n) is 11.6. The molecule has 3 unspecified atom stereocenters. The van der Waals surface area contributed by atoms with Gasteiger partial charge in [0.25, 0.3) is 0 Å². The fourth-order valence-corrected chi connectivity index (χ4v) is 5.07. The minimum absolute atomic E-state index is 0.467. The highest BCUT2D eigenvalue weighted by Crippen LogP contribution is 2.57. The van der Waals surface area contributed by atoms with E-state index in [1.807, 2.05) is 0 Å². The molecule has 104 valence electrons. The molecular weight excluding hydrogens is 266 g/mol. The number of hydrogen-bond acceptors (Lipinski definition) is 4. The fourth-order valence-electron chi connectivity index (χ4n) is 4.01. The molecular formula is C16H19N3S. The Morgan fingerprint density at radius 2 is 2.10 bits per heavy atom. The number of hydrogen-bond donors (Lipinski definition) is 1. The molecule has 1 aromatic carbocycles. The third-order valence-corrected chi connectivity index (χ3v) is 5.75. The number of benzene rings is 1. The second-order valence-electron chi connectivity index (χ2n) is 5.69. The van der Waals surface area contributed by atoms with Crippen molar-refractivity contribution in [1.29, 1.82) is 0 Å². The summed E-state index contributed by atoms with van der Waals surface area (Å²) in [4.78, 5) is 8.71. The Morgan fingerprint density at radius 1 is 1.30 bits per heavy atom. The topological polar surface area (TPSA) is 42.2 Å². The Labute approximate surface area is 123 Å². The molecule has 3 heterocycles. The van der Waals surface area contributed by atoms with E-state index in [1.165, 1.54) is 29.0 Å². The van der Waals surface area contributed by atoms with Gasteiger partial charge in [-0.15, -0.1) is 11.3 Å². The molecule has 2 bridgehead atoms. The third kappa shape index (κ3) is 1.64. The number of likely N-dealkylation sites (N-methyl/N-ethyl adjacent to an activating group) is 1. The quantitative estimate of drug-likeness (QED) is 0.914. The molecule has 1 aromatic heterocycles. The van der Waals surface area contributed by atoms with Crippen LogP contribution in [0.1, 0.15) is 53.9 Å². The molecule has 0 amide bonds. The maximum Gasteiger partial charge on any atom is 0.180 e. The summed E-state index contributed by atoms with van der Waals surface area (Å²) in [5.41, 5.74) is 8.67. The number of nitrogens with zero attached hydrogens (tertiary/aromatic N) is 2. The van der Waals surface area contributed by atoms with E-state index >= 15 is 0 Å². The zero-order valence-corrected chi connectivity index (χ0v) is 12.4. The molecule has 5 rings (SSSR count). The van der Waals surface area contributed by atoms with Crippen molar-refractivity contribution in [2.75, 3.05) is 12.3 Å². The normalized spacial score (nSPS) is 28.6. The van der Waals surface area contributed by atoms with Crippen molar-refractivity contribution in [2.24, 2.45) is 0 Å². The smallest absolute Gasteiger partial charge is 0.180 e. The highest BCUT2D eigenvalue weighted by atomic mass is 32.1. The van der Waals surface area contributed by atoms with Gasteiger partial charge in [0.15, 0.2) is 5.13 Å². The van der Waals surface area contributed by atoms with Crippen molar-refractivity contribution < 1.29 is 0 Å². The molecule has 2 N–H and O–H groups in total. The summed E-state index contributed by atoms with van der Waals surface area (Å²) in [5.74, 6) is 0.505. The van der Waals surface area contributed by atoms with E-state index in [4.69, 9.17) is 5.73 Å². The first-order valence-electron chi connectivity index (χ1n) is 7.36. The van der Waals surface area contributed by atoms with Crippen LogP contribution in [0.4, 0.5) is 5.13 Å². The summed E-state index contributed by atoms with van der Waals surface area (Å²) in [5, 5.41) is 0.733. The average Bonchev–Trinajstić information content (AvgIpc) is 2.90. The Morgan fingerprint density at radius 3 is 2.85 bits per heavy atom. The number of rotatable bonds is 2. The molecule has 3 atom stereocenters. The summed E-state index contributed by atoms with van der Waals surface area (Å²) in [6, 6.07) is 11.9. The van der Waals surface area contributed by atoms with E-state index in [1.54, 1.807) is 11.3 Å². The molecule has 3 aliphatic rings. The summed E-state index contributed by atoms with van der Waals surface area (Å²) >= 11 is 1.69. The van der Waals surface area contributed by atoms with Crippen LogP contribution in [0.2, 0.25) is 0 Å². The van der Waals surface area contributed by atoms with Gasteiger partial charge in [0.05, 0.1) is 5.69 Å². The van der Waals surface area contributed by atoms with E-state index < -0.39 is 0 Å². The van der Waals surface area contributed by atoms with Crippen LogP contribution in [-0.4, -0.2) is 16.4 Å². The standard InChI is InChI=1S/C16H19N3S/c1-2-19-12-9-8-11(13-15(12)20-16(17)18-13)14(19)10-6-4-3-5-7-10/h3-7,11-12,14H,2,8-9H2,1H3,(H2,17,18). The monoisotopic (exact) mass is 285 g/mol. The predicted molar refractivity (Wildman–Crippen MR) is 82.8 cm³/mol. The van der Waals surface area contributed by atoms with E-state index in [-0.39, 0.29) is 0 Å². The lowest BCUT2D eigenvalue weighted by molar-refractivity contribution is 0.0521. The SMILES string of the molecule is CCN1C2CCC(c3nc(N)sc32)C1c1ccccc1. The van der Waals surface area contributed by atoms with Crippen molar-refractivity contribution in [1.82, 2.24) is 9.88 Å². The van der Waals surface area contributed by atoms with E-state index in [0.717, 1.165) is 11.7 Å². The summed E-state index contributed by atoms with van der Waals surface area (Å²) in [6.45, 7) is 3.35. The number of piperidine rings is 1. The van der Waals surface area contributed by atoms with Crippen molar-refractivity contribution in [2.45, 2.75) is 37.8 Å². The van der Waals surface area contributed by atoms with Crippen LogP contribution in [0, 0.1) is 0 Å². The average molecular weight is 285 g/mol. The highest BCUT2D eigenvalue weighted by Gasteiger charge is 2.47. The van der Waals surface area contributed by atoms with Crippen molar-refractivity contribution >= 4 is 16.5 Å². The lowest BCUT2D eigenvalue weighted by atomic mass is 9.74. The number of thiazole rings is 1. The number of fused-ring (bicyclic) bond motifs is 2. The Hall–Kier alpha value is -1.39. The molecule has 4 heteroatoms. The van der Waals surface area contributed by atoms with Gasteiger partial charge in [0.1, 0.15) is 0 Å². The number of nitrogens with two attached hydrogens (primary N) is 1. The molecule has 1 aliphatic carbocycles. The maximum atomic E-state index is 5.97. The van der Waals surface area contributed by atoms with Crippen LogP contribution in [-0.2, 0) is 0 Å². The molecule has 2 aliphatic heterocycles. The van der Waals surface area contributed by atoms with Gasteiger partial charge < -0.3 is 5.73 Å². The highest BCUT2D eigenvalue weighted by molar-refractivity contribution is 7.15. The molecule has 0 spiro atoms. The second-order valence-corrected chi connectivity index (χ2v) is 6.75. The minimum atomic E-state index is 0.467. The lowest BCUT2D eigenvalue weighted by Crippen LogP contribution is -2.44. The van der Waals surface area contributed by atoms with Crippen LogP contribution in [0.15, 0.2) is 30.3 Å². The van der Waals surface area contributed by atoms with Gasteiger partial charge in [-0.05, 0) is 24.9 Å². The Balaban J connectivity index is 1.85. The van der Waals surface area contributed by atoms with Gasteiger partial charge in [0, 0.05) is 22.9 Å². The van der Waals surface area contributed by atoms with Crippen LogP contribution in [0.3, 0.4) is 0 Å². The first-order valence-corrected chi connectivity index (χ1v) is 8.18. The number of aromatic nitrogens is 1. The molecule has 2 aromatic rings. The van der Waals surface area contributed by atoms with Crippen molar-refractivity contribution in [3.05, 3.63) is 46.5 Å². The van der Waals surface area contributed by atoms with Gasteiger partial charge in [-0.3, -0.25) is 4.90 Å². The lowest BCUT2D eigenvalue weighted by Gasteiger charge is -2.50. The summed E-state index contributed by atoms with van der Waals surface area (Å²) in [7, 11) is 0. The number of anilines is 1. The number of nitrogen functional groups attached to an aromatic ring is 1. The van der Waals surface area contributed by atoms with Gasteiger partial charge in [-0.2, -0.15) is 0 Å². The molecule has 0 radical (unpaired) electrons. The Kier molecular flexibility index (Phi) is 2.82. The minimum Gasteiger partial charge on any atom is -0.375 e. The molecule has 0 saturated carbocycles. The maximum absolute atomic E-state index is 5.97. The van der Waals surface area contributed by atoms with E-state index in [9.17, 15) is 0 Å². The molecule has 1 saturated heterocycles. The predicted octanol–water partition coefficient (Wildman–Crippen LogP) is 3.72. The van der Waals surface area contributed by atoms with Crippen molar-refractivity contribution in [3.8, 4) is 0 Å². The van der Waals surface area contributed by atoms with Crippen molar-refractivity contribution in [3.63, 3.8) is 0 Å². The van der Waals surface area contributed by atoms with Gasteiger partial charge >= 0.3 is 0 Å². The van der Waals surface area contributed by atoms with E-state index in [0.29, 0.717) is 18.0 Å². The Bertz CT molecular complexity index is 622. The van der Waals surface area contributed by atoms with Crippen LogP contribution >= 0.6 is 11.3 Å². The van der Waals surface area contributed by atoms with Gasteiger partial charge in [0.2, 0.25) is 0 Å². The van der Waals surface area contributed by atoms with Crippen LogP contribution in [0.25, 0.3) is 0 Å². The summed E-state index contributed by atoms with van der Waals surface area (Å²) in [6.07, 6.45) is 2.48. The third-order valence-electron chi connectivity index (χ3n) is 4.75. The molecule has 20 heavy (non-hydrogen) atoms. The largest absolute Gasteiger partial charge is 0.375 e. The zero-order chi connectivity index (χ0) is 13.7. The fraction of sp³-hybridized carbons (Fsp3) is 0.438. The van der Waals surface area contributed by atoms with Crippen LogP contribution < -0.4 is 5.73 Å². The first-order chi connectivity index (χ1) is 9.79. The second kappa shape index (κ2) is 4.57. The van der Waals surface area contributed by atoms with Gasteiger partial charge in [-0.1, -0.05) is 37.3 Å². The first kappa shape index (κ1) is 12.4. The molecule has 3 nitrogen and oxygen atoms in total.